The van der Waals surface area contributed by atoms with Crippen molar-refractivity contribution in [2.75, 3.05) is 52.4 Å². The summed E-state index contributed by atoms with van der Waals surface area (Å²) in [6, 6.07) is 39.2. The lowest BCUT2D eigenvalue weighted by molar-refractivity contribution is -0.139. The number of esters is 1. The van der Waals surface area contributed by atoms with Crippen LogP contribution in [0.5, 0.6) is 0 Å². The second-order valence-corrected chi connectivity index (χ2v) is 23.1. The fraction of sp³-hybridized carbons (Fsp3) is 0.386. The first-order valence-corrected chi connectivity index (χ1v) is 27.8. The zero-order valence-corrected chi connectivity index (χ0v) is 42.2. The second kappa shape index (κ2) is 22.6. The molecule has 5 aromatic carbocycles. The lowest BCUT2D eigenvalue weighted by atomic mass is 9.96. The molecular formula is C57H67N3O7S2. The Hall–Kier alpha value is -5.37. The molecule has 10 nitrogen and oxygen atoms in total. The van der Waals surface area contributed by atoms with Crippen molar-refractivity contribution >= 4 is 42.1 Å². The van der Waals surface area contributed by atoms with Gasteiger partial charge in [0.1, 0.15) is 0 Å². The number of rotatable bonds is 18. The standard InChI is InChI=1S/C34H40N2O5S.C23H27NO2S/c1-4-41-34(27-15-12-25(13-16-27)22-33(37)40-3)36-24-28(23-29-9-8-19-35(29)2)31-21-26(14-17-32(31)36)18-20-42(38,39)30-10-6-5-7-11-30;1-24-14-5-6-21(24)17-20-12-11-19-10-9-18(16-23(19)20)13-15-27(25,26)22-7-3-2-4-8-22/h5-7,10-17,21,24,29,34H,4,8-9,18-20,22-23H2,1-3H3;2-4,7-10,12,16,21H,5-6,11,13-15,17H2,1H3/t29-,34?;21-/m11/s1. The summed E-state index contributed by atoms with van der Waals surface area (Å²) in [4.78, 5) is 17.4. The third kappa shape index (κ3) is 12.3. The van der Waals surface area contributed by atoms with E-state index in [1.165, 1.54) is 55.2 Å². The van der Waals surface area contributed by atoms with E-state index in [0.717, 1.165) is 65.4 Å². The Labute approximate surface area is 409 Å². The van der Waals surface area contributed by atoms with Crippen LogP contribution in [-0.4, -0.2) is 102 Å². The highest BCUT2D eigenvalue weighted by atomic mass is 32.2. The minimum Gasteiger partial charge on any atom is -0.469 e. The van der Waals surface area contributed by atoms with Crippen LogP contribution in [0.1, 0.15) is 84.2 Å². The first-order valence-electron chi connectivity index (χ1n) is 24.5. The molecule has 0 saturated carbocycles. The summed E-state index contributed by atoms with van der Waals surface area (Å²) in [7, 11) is -0.799. The van der Waals surface area contributed by atoms with Crippen LogP contribution in [-0.2, 0) is 66.0 Å². The largest absolute Gasteiger partial charge is 0.469 e. The summed E-state index contributed by atoms with van der Waals surface area (Å²) in [5.41, 5.74) is 10.4. The lowest BCUT2D eigenvalue weighted by Crippen LogP contribution is -2.26. The lowest BCUT2D eigenvalue weighted by Gasteiger charge is -2.21. The number of hydrogen-bond donors (Lipinski definition) is 0. The number of allylic oxidation sites excluding steroid dienone is 1. The third-order valence-electron chi connectivity index (χ3n) is 14.3. The topological polar surface area (TPSA) is 115 Å². The van der Waals surface area contributed by atoms with Crippen molar-refractivity contribution in [2.45, 2.75) is 99.2 Å². The van der Waals surface area contributed by atoms with E-state index in [0.29, 0.717) is 41.3 Å². The fourth-order valence-corrected chi connectivity index (χ4v) is 12.8. The molecule has 2 saturated heterocycles. The van der Waals surface area contributed by atoms with Gasteiger partial charge in [-0.15, -0.1) is 0 Å². The Morgan fingerprint density at radius 2 is 1.26 bits per heavy atom. The predicted molar refractivity (Wildman–Crippen MR) is 276 cm³/mol. The Balaban J connectivity index is 0.000000204. The number of benzene rings is 5. The minimum atomic E-state index is -3.37. The number of aromatic nitrogens is 1. The molecule has 1 aromatic heterocycles. The van der Waals surface area contributed by atoms with Crippen LogP contribution in [0, 0.1) is 0 Å². The molecule has 1 aliphatic carbocycles. The van der Waals surface area contributed by atoms with E-state index in [1.807, 2.05) is 49.4 Å². The number of ether oxygens (including phenoxy) is 2. The highest BCUT2D eigenvalue weighted by Crippen LogP contribution is 2.36. The number of fused-ring (bicyclic) bond motifs is 2. The summed E-state index contributed by atoms with van der Waals surface area (Å²) in [5.74, 6) is -0.0571. The highest BCUT2D eigenvalue weighted by molar-refractivity contribution is 7.91. The molecule has 12 heteroatoms. The van der Waals surface area contributed by atoms with Crippen LogP contribution < -0.4 is 0 Å². The Morgan fingerprint density at radius 3 is 1.83 bits per heavy atom. The fourth-order valence-electron chi connectivity index (χ4n) is 10.2. The smallest absolute Gasteiger partial charge is 0.309 e. The van der Waals surface area contributed by atoms with Crippen LogP contribution in [0.2, 0.25) is 0 Å². The van der Waals surface area contributed by atoms with Crippen molar-refractivity contribution in [1.29, 1.82) is 0 Å². The van der Waals surface area contributed by atoms with E-state index < -0.39 is 19.7 Å². The Bertz CT molecular complexity index is 2950. The average Bonchev–Trinajstić information content (AvgIpc) is 4.17. The molecular weight excluding hydrogens is 903 g/mol. The maximum Gasteiger partial charge on any atom is 0.309 e. The molecule has 69 heavy (non-hydrogen) atoms. The van der Waals surface area contributed by atoms with E-state index in [2.05, 4.69) is 71.1 Å². The molecule has 9 rings (SSSR count). The Kier molecular flexibility index (Phi) is 16.4. The van der Waals surface area contributed by atoms with Crippen LogP contribution in [0.25, 0.3) is 16.5 Å². The van der Waals surface area contributed by atoms with Crippen molar-refractivity contribution in [3.63, 3.8) is 0 Å². The van der Waals surface area contributed by atoms with Crippen molar-refractivity contribution in [1.82, 2.24) is 14.4 Å². The summed E-state index contributed by atoms with van der Waals surface area (Å²) < 4.78 is 64.4. The number of likely N-dealkylation sites (tertiary alicyclic amines) is 2. The molecule has 364 valence electrons. The maximum absolute atomic E-state index is 13.0. The van der Waals surface area contributed by atoms with E-state index in [-0.39, 0.29) is 30.1 Å². The molecule has 0 radical (unpaired) electrons. The van der Waals surface area contributed by atoms with Gasteiger partial charge in [0, 0.05) is 35.8 Å². The number of aryl methyl sites for hydroxylation is 2. The van der Waals surface area contributed by atoms with Gasteiger partial charge in [-0.3, -0.25) is 4.79 Å². The van der Waals surface area contributed by atoms with Gasteiger partial charge in [-0.25, -0.2) is 16.8 Å². The first kappa shape index (κ1) is 50.0. The monoisotopic (exact) mass is 969 g/mol. The number of carbonyl (C=O) groups is 1. The predicted octanol–water partition coefficient (Wildman–Crippen LogP) is 9.72. The number of hydrogen-bond acceptors (Lipinski definition) is 9. The van der Waals surface area contributed by atoms with Gasteiger partial charge in [-0.1, -0.05) is 91.0 Å². The molecule has 2 aliphatic heterocycles. The number of methoxy groups -OCH3 is 1. The van der Waals surface area contributed by atoms with E-state index in [4.69, 9.17) is 9.47 Å². The van der Waals surface area contributed by atoms with Gasteiger partial charge in [0.25, 0.3) is 0 Å². The van der Waals surface area contributed by atoms with Crippen LogP contribution in [0.4, 0.5) is 0 Å². The summed E-state index contributed by atoms with van der Waals surface area (Å²) in [5, 5.41) is 1.14. The number of sulfone groups is 2. The average molecular weight is 970 g/mol. The maximum atomic E-state index is 13.0. The van der Waals surface area contributed by atoms with Crippen LogP contribution in [0.3, 0.4) is 0 Å². The minimum absolute atomic E-state index is 0.0589. The molecule has 0 spiro atoms. The molecule has 3 atom stereocenters. The first-order chi connectivity index (χ1) is 33.3. The quantitative estimate of drug-likeness (QED) is 0.0777. The van der Waals surface area contributed by atoms with E-state index >= 15 is 0 Å². The van der Waals surface area contributed by atoms with Crippen molar-refractivity contribution in [2.24, 2.45) is 0 Å². The van der Waals surface area contributed by atoms with Crippen LogP contribution in [0.15, 0.2) is 143 Å². The van der Waals surface area contributed by atoms with Crippen molar-refractivity contribution in [3.8, 4) is 0 Å². The molecule has 2 fully saturated rings. The SMILES string of the molecule is CCOC(c1ccc(CC(=O)OC)cc1)n1cc(C[C@H]2CCCN2C)c2cc(CCS(=O)(=O)c3ccccc3)ccc21.CN1CCC[C@@H]1CC1=CCc2ccc(CCS(=O)(=O)c3ccccc3)cc21. The summed E-state index contributed by atoms with van der Waals surface area (Å²) in [6.07, 6.45) is 13.4. The van der Waals surface area contributed by atoms with Gasteiger partial charge in [0.2, 0.25) is 0 Å². The molecule has 3 heterocycles. The van der Waals surface area contributed by atoms with E-state index in [9.17, 15) is 21.6 Å². The molecule has 3 aliphatic rings. The van der Waals surface area contributed by atoms with Gasteiger partial charge in [0.15, 0.2) is 25.9 Å². The number of carbonyl (C=O) groups excluding carboxylic acids is 1. The second-order valence-electron chi connectivity index (χ2n) is 18.9. The molecule has 0 amide bonds. The van der Waals surface area contributed by atoms with Gasteiger partial charge in [-0.05, 0) is 167 Å². The molecule has 6 aromatic rings. The van der Waals surface area contributed by atoms with Gasteiger partial charge >= 0.3 is 5.97 Å². The van der Waals surface area contributed by atoms with Gasteiger partial charge < -0.3 is 23.8 Å². The highest BCUT2D eigenvalue weighted by Gasteiger charge is 2.27. The molecule has 0 N–H and O–H groups in total. The zero-order valence-electron chi connectivity index (χ0n) is 40.6. The van der Waals surface area contributed by atoms with Crippen molar-refractivity contribution in [3.05, 3.63) is 173 Å². The molecule has 1 unspecified atom stereocenters. The normalized spacial score (nSPS) is 17.9. The Morgan fingerprint density at radius 1 is 0.696 bits per heavy atom. The third-order valence-corrected chi connectivity index (χ3v) is 17.7. The van der Waals surface area contributed by atoms with Gasteiger partial charge in [-0.2, -0.15) is 0 Å². The molecule has 0 bridgehead atoms. The van der Waals surface area contributed by atoms with E-state index in [1.54, 1.807) is 48.5 Å². The van der Waals surface area contributed by atoms with Gasteiger partial charge in [0.05, 0.1) is 40.3 Å². The summed E-state index contributed by atoms with van der Waals surface area (Å²) in [6.45, 7) is 4.82. The van der Waals surface area contributed by atoms with Crippen LogP contribution >= 0.6 is 0 Å². The van der Waals surface area contributed by atoms with Crippen molar-refractivity contribution < 1.29 is 31.1 Å². The number of likely N-dealkylation sites (N-methyl/N-ethyl adjacent to an activating group) is 1. The zero-order chi connectivity index (χ0) is 48.5. The summed E-state index contributed by atoms with van der Waals surface area (Å²) >= 11 is 0. The number of nitrogens with zero attached hydrogens (tertiary/aromatic N) is 3.